The number of rotatable bonds is 4. The van der Waals surface area contributed by atoms with Gasteiger partial charge in [-0.2, -0.15) is 13.2 Å². The summed E-state index contributed by atoms with van der Waals surface area (Å²) in [6.07, 6.45) is -2.98. The molecule has 1 aromatic carbocycles. The Balaban J connectivity index is 1.68. The first kappa shape index (κ1) is 16.3. The van der Waals surface area contributed by atoms with E-state index in [0.29, 0.717) is 0 Å². The van der Waals surface area contributed by atoms with E-state index in [9.17, 15) is 27.6 Å². The van der Waals surface area contributed by atoms with Gasteiger partial charge >= 0.3 is 12.2 Å². The van der Waals surface area contributed by atoms with E-state index < -0.39 is 41.8 Å². The lowest BCUT2D eigenvalue weighted by atomic mass is 10.1. The molecule has 4 amide bonds. The van der Waals surface area contributed by atoms with Crippen LogP contribution in [-0.2, 0) is 15.8 Å². The topological polar surface area (TPSA) is 69.7 Å². The predicted octanol–water partition coefficient (Wildman–Crippen LogP) is 2.07. The van der Waals surface area contributed by atoms with Crippen molar-refractivity contribution in [1.29, 1.82) is 0 Å². The van der Waals surface area contributed by atoms with E-state index in [2.05, 4.69) is 5.32 Å². The second-order valence-corrected chi connectivity index (χ2v) is 5.71. The Morgan fingerprint density at radius 2 is 1.88 bits per heavy atom. The van der Waals surface area contributed by atoms with Crippen LogP contribution in [0.5, 0.6) is 0 Å². The molecule has 24 heavy (non-hydrogen) atoms. The summed E-state index contributed by atoms with van der Waals surface area (Å²) in [4.78, 5) is 38.1. The molecule has 1 aliphatic heterocycles. The number of alkyl halides is 3. The van der Waals surface area contributed by atoms with Gasteiger partial charge in [-0.15, -0.1) is 0 Å². The first-order valence-corrected chi connectivity index (χ1v) is 7.34. The van der Waals surface area contributed by atoms with Gasteiger partial charge in [0.2, 0.25) is 5.91 Å². The van der Waals surface area contributed by atoms with Crippen LogP contribution in [0.4, 0.5) is 23.7 Å². The van der Waals surface area contributed by atoms with Gasteiger partial charge in [-0.25, -0.2) is 4.79 Å². The van der Waals surface area contributed by atoms with Crippen LogP contribution in [0.3, 0.4) is 0 Å². The molecule has 0 radical (unpaired) electrons. The third-order valence-electron chi connectivity index (χ3n) is 3.88. The van der Waals surface area contributed by atoms with Gasteiger partial charge in [-0.1, -0.05) is 12.1 Å². The van der Waals surface area contributed by atoms with Crippen molar-refractivity contribution in [2.75, 3.05) is 18.4 Å². The summed E-state index contributed by atoms with van der Waals surface area (Å²) in [5.41, 5.74) is -1.40. The third kappa shape index (κ3) is 3.19. The summed E-state index contributed by atoms with van der Waals surface area (Å²) in [7, 11) is 0. The van der Waals surface area contributed by atoms with Crippen LogP contribution in [0.1, 0.15) is 18.4 Å². The fourth-order valence-corrected chi connectivity index (χ4v) is 2.56. The highest BCUT2D eigenvalue weighted by molar-refractivity contribution is 6.06. The average molecular weight is 341 g/mol. The number of para-hydroxylation sites is 1. The quantitative estimate of drug-likeness (QED) is 0.853. The Labute approximate surface area is 135 Å². The third-order valence-corrected chi connectivity index (χ3v) is 3.88. The molecule has 0 aromatic heterocycles. The highest BCUT2D eigenvalue weighted by Gasteiger charge is 2.44. The van der Waals surface area contributed by atoms with Gasteiger partial charge in [0.15, 0.2) is 0 Å². The number of carbonyl (C=O) groups excluding carboxylic acids is 3. The van der Waals surface area contributed by atoms with Crippen LogP contribution in [0, 0.1) is 0 Å². The monoisotopic (exact) mass is 341 g/mol. The summed E-state index contributed by atoms with van der Waals surface area (Å²) in [5.74, 6) is -1.38. The molecule has 1 aliphatic carbocycles. The van der Waals surface area contributed by atoms with Crippen molar-refractivity contribution < 1.29 is 27.6 Å². The molecular weight excluding hydrogens is 327 g/mol. The smallest absolute Gasteiger partial charge is 0.324 e. The van der Waals surface area contributed by atoms with Crippen LogP contribution in [0.25, 0.3) is 0 Å². The summed E-state index contributed by atoms with van der Waals surface area (Å²) in [6.45, 7) is -0.691. The maximum absolute atomic E-state index is 12.9. The minimum atomic E-state index is -4.62. The molecule has 0 bridgehead atoms. The number of hydrogen-bond donors (Lipinski definition) is 1. The van der Waals surface area contributed by atoms with Gasteiger partial charge in [-0.3, -0.25) is 14.5 Å². The van der Waals surface area contributed by atoms with E-state index in [0.717, 1.165) is 29.9 Å². The van der Waals surface area contributed by atoms with Crippen LogP contribution in [0.15, 0.2) is 24.3 Å². The van der Waals surface area contributed by atoms with E-state index in [1.54, 1.807) is 0 Å². The minimum Gasteiger partial charge on any atom is -0.324 e. The van der Waals surface area contributed by atoms with E-state index in [1.165, 1.54) is 17.0 Å². The number of carbonyl (C=O) groups is 3. The zero-order valence-corrected chi connectivity index (χ0v) is 12.5. The number of benzene rings is 1. The lowest BCUT2D eigenvalue weighted by Gasteiger charge is -2.17. The van der Waals surface area contributed by atoms with Crippen LogP contribution < -0.4 is 5.32 Å². The predicted molar refractivity (Wildman–Crippen MR) is 76.9 cm³/mol. The highest BCUT2D eigenvalue weighted by atomic mass is 19.4. The van der Waals surface area contributed by atoms with E-state index in [1.807, 2.05) is 0 Å². The number of imide groups is 1. The van der Waals surface area contributed by atoms with Crippen molar-refractivity contribution >= 4 is 23.5 Å². The Morgan fingerprint density at radius 3 is 2.50 bits per heavy atom. The van der Waals surface area contributed by atoms with Crippen molar-refractivity contribution in [3.05, 3.63) is 29.8 Å². The molecule has 1 N–H and O–H groups in total. The van der Waals surface area contributed by atoms with Crippen molar-refractivity contribution in [3.63, 3.8) is 0 Å². The molecule has 0 atom stereocenters. The van der Waals surface area contributed by atoms with E-state index >= 15 is 0 Å². The lowest BCUT2D eigenvalue weighted by Crippen LogP contribution is -2.39. The van der Waals surface area contributed by atoms with Crippen LogP contribution >= 0.6 is 0 Å². The largest absolute Gasteiger partial charge is 0.418 e. The average Bonchev–Trinajstić information content (AvgIpc) is 3.29. The minimum absolute atomic E-state index is 0.0282. The van der Waals surface area contributed by atoms with Crippen molar-refractivity contribution in [3.8, 4) is 0 Å². The number of halogens is 3. The van der Waals surface area contributed by atoms with Gasteiger partial charge in [0.1, 0.15) is 13.1 Å². The van der Waals surface area contributed by atoms with Crippen LogP contribution in [-0.4, -0.2) is 46.8 Å². The molecule has 1 heterocycles. The van der Waals surface area contributed by atoms with Crippen molar-refractivity contribution in [2.24, 2.45) is 0 Å². The molecule has 2 fully saturated rings. The SMILES string of the molecule is O=C(CN1C(=O)CN(C2CC2)C1=O)Nc1ccccc1C(F)(F)F. The Morgan fingerprint density at radius 1 is 1.21 bits per heavy atom. The standard InChI is InChI=1S/C15H14F3N3O3/c16-15(17,18)10-3-1-2-4-11(10)19-12(22)7-21-13(23)8-20(14(21)24)9-5-6-9/h1-4,9H,5-8H2,(H,19,22). The normalized spacial score (nSPS) is 18.3. The van der Waals surface area contributed by atoms with Crippen LogP contribution in [0.2, 0.25) is 0 Å². The number of nitrogens with zero attached hydrogens (tertiary/aromatic N) is 2. The fraction of sp³-hybridized carbons (Fsp3) is 0.400. The second kappa shape index (κ2) is 5.81. The molecule has 3 rings (SSSR count). The maximum atomic E-state index is 12.9. The summed E-state index contributed by atoms with van der Waals surface area (Å²) >= 11 is 0. The molecule has 0 spiro atoms. The van der Waals surface area contributed by atoms with Gasteiger partial charge in [-0.05, 0) is 25.0 Å². The zero-order valence-electron chi connectivity index (χ0n) is 12.5. The Kier molecular flexibility index (Phi) is 3.94. The molecule has 128 valence electrons. The number of urea groups is 1. The molecule has 6 nitrogen and oxygen atoms in total. The molecule has 0 unspecified atom stereocenters. The highest BCUT2D eigenvalue weighted by Crippen LogP contribution is 2.34. The number of anilines is 1. The molecular formula is C15H14F3N3O3. The Hall–Kier alpha value is -2.58. The first-order chi connectivity index (χ1) is 11.3. The van der Waals surface area contributed by atoms with Crippen molar-refractivity contribution in [2.45, 2.75) is 25.1 Å². The number of nitrogens with one attached hydrogen (secondary N) is 1. The first-order valence-electron chi connectivity index (χ1n) is 7.34. The second-order valence-electron chi connectivity index (χ2n) is 5.71. The van der Waals surface area contributed by atoms with Gasteiger partial charge in [0.25, 0.3) is 5.91 Å². The summed E-state index contributed by atoms with van der Waals surface area (Å²) in [5, 5.41) is 2.12. The molecule has 1 saturated carbocycles. The van der Waals surface area contributed by atoms with E-state index in [-0.39, 0.29) is 12.6 Å². The van der Waals surface area contributed by atoms with E-state index in [4.69, 9.17) is 0 Å². The summed E-state index contributed by atoms with van der Waals surface area (Å²) < 4.78 is 38.7. The van der Waals surface area contributed by atoms with Crippen molar-refractivity contribution in [1.82, 2.24) is 9.80 Å². The van der Waals surface area contributed by atoms with Gasteiger partial charge < -0.3 is 10.2 Å². The molecule has 1 saturated heterocycles. The molecule has 9 heteroatoms. The maximum Gasteiger partial charge on any atom is 0.418 e. The Bertz CT molecular complexity index is 701. The zero-order chi connectivity index (χ0) is 17.5. The fourth-order valence-electron chi connectivity index (χ4n) is 2.56. The molecule has 1 aromatic rings. The molecule has 2 aliphatic rings. The lowest BCUT2D eigenvalue weighted by molar-refractivity contribution is -0.137. The number of amides is 4. The van der Waals surface area contributed by atoms with Gasteiger partial charge in [0, 0.05) is 6.04 Å². The number of hydrogen-bond acceptors (Lipinski definition) is 3. The van der Waals surface area contributed by atoms with Gasteiger partial charge in [0.05, 0.1) is 11.3 Å². The summed E-state index contributed by atoms with van der Waals surface area (Å²) in [6, 6.07) is 3.98.